The first-order chi connectivity index (χ1) is 12.8. The van der Waals surface area contributed by atoms with Crippen LogP contribution in [0.4, 0.5) is 0 Å². The summed E-state index contributed by atoms with van der Waals surface area (Å²) < 4.78 is 27.4. The summed E-state index contributed by atoms with van der Waals surface area (Å²) in [6, 6.07) is 15.9. The van der Waals surface area contributed by atoms with Gasteiger partial charge in [0.15, 0.2) is 0 Å². The second kappa shape index (κ2) is 9.67. The second-order valence-electron chi connectivity index (χ2n) is 6.83. The van der Waals surface area contributed by atoms with Crippen molar-refractivity contribution < 1.29 is 13.2 Å². The molecule has 0 saturated carbocycles. The second-order valence-corrected chi connectivity index (χ2v) is 8.77. The quantitative estimate of drug-likeness (QED) is 0.715. The Bertz CT molecular complexity index is 833. The minimum atomic E-state index is -3.78. The number of carbonyl (C=O) groups is 1. The Morgan fingerprint density at radius 1 is 1.07 bits per heavy atom. The van der Waals surface area contributed by atoms with Gasteiger partial charge in [-0.2, -0.15) is 4.31 Å². The van der Waals surface area contributed by atoms with Crippen LogP contribution in [0, 0.1) is 6.92 Å². The third-order valence-corrected chi connectivity index (χ3v) is 6.12. The van der Waals surface area contributed by atoms with Crippen LogP contribution in [0.2, 0.25) is 0 Å². The van der Waals surface area contributed by atoms with Crippen LogP contribution < -0.4 is 5.32 Å². The first kappa shape index (κ1) is 21.1. The molecular formula is C21H28N2O3S. The molecule has 0 fully saturated rings. The summed E-state index contributed by atoms with van der Waals surface area (Å²) in [6.45, 7) is 5.89. The number of hydrogen-bond acceptors (Lipinski definition) is 3. The van der Waals surface area contributed by atoms with Gasteiger partial charge in [-0.25, -0.2) is 8.42 Å². The number of nitrogens with zero attached hydrogens (tertiary/aromatic N) is 1. The summed E-state index contributed by atoms with van der Waals surface area (Å²) in [6.07, 6.45) is 1.81. The highest BCUT2D eigenvalue weighted by atomic mass is 32.2. The van der Waals surface area contributed by atoms with Crippen LogP contribution in [0.3, 0.4) is 0 Å². The average molecular weight is 389 g/mol. The lowest BCUT2D eigenvalue weighted by Crippen LogP contribution is -2.43. The van der Waals surface area contributed by atoms with Gasteiger partial charge in [-0.1, -0.05) is 61.4 Å². The van der Waals surface area contributed by atoms with Crippen LogP contribution in [0.1, 0.15) is 37.8 Å². The Labute approximate surface area is 162 Å². The smallest absolute Gasteiger partial charge is 0.243 e. The molecule has 0 aromatic heterocycles. The summed E-state index contributed by atoms with van der Waals surface area (Å²) in [5.74, 6) is -0.289. The predicted octanol–water partition coefficient (Wildman–Crippen LogP) is 3.49. The number of rotatable bonds is 9. The Morgan fingerprint density at radius 3 is 2.30 bits per heavy atom. The summed E-state index contributed by atoms with van der Waals surface area (Å²) >= 11 is 0. The molecule has 1 amide bonds. The van der Waals surface area contributed by atoms with Gasteiger partial charge in [0.05, 0.1) is 11.4 Å². The van der Waals surface area contributed by atoms with Crippen molar-refractivity contribution in [2.24, 2.45) is 0 Å². The Balaban J connectivity index is 2.25. The minimum absolute atomic E-state index is 0.0168. The summed E-state index contributed by atoms with van der Waals surface area (Å²) in [4.78, 5) is 12.6. The van der Waals surface area contributed by atoms with Crippen molar-refractivity contribution >= 4 is 15.9 Å². The number of amides is 1. The number of aryl methyl sites for hydroxylation is 1. The molecule has 1 atom stereocenters. The van der Waals surface area contributed by atoms with Crippen molar-refractivity contribution in [2.75, 3.05) is 6.54 Å². The molecular weight excluding hydrogens is 360 g/mol. The van der Waals surface area contributed by atoms with Crippen molar-refractivity contribution in [1.82, 2.24) is 9.62 Å². The van der Waals surface area contributed by atoms with E-state index < -0.39 is 10.0 Å². The largest absolute Gasteiger partial charge is 0.353 e. The van der Waals surface area contributed by atoms with Crippen LogP contribution >= 0.6 is 0 Å². The Morgan fingerprint density at radius 2 is 1.70 bits per heavy atom. The SMILES string of the molecule is CCCC(C)NC(=O)CN(Cc1ccc(C)cc1)S(=O)(=O)c1ccccc1. The van der Waals surface area contributed by atoms with Gasteiger partial charge in [-0.3, -0.25) is 4.79 Å². The van der Waals surface area contributed by atoms with E-state index in [0.717, 1.165) is 24.0 Å². The van der Waals surface area contributed by atoms with E-state index in [1.54, 1.807) is 30.3 Å². The van der Waals surface area contributed by atoms with Gasteiger partial charge in [-0.15, -0.1) is 0 Å². The molecule has 5 nitrogen and oxygen atoms in total. The third-order valence-electron chi connectivity index (χ3n) is 4.31. The van der Waals surface area contributed by atoms with Gasteiger partial charge in [-0.05, 0) is 38.0 Å². The molecule has 0 radical (unpaired) electrons. The zero-order valence-electron chi connectivity index (χ0n) is 16.2. The van der Waals surface area contributed by atoms with Gasteiger partial charge in [0.1, 0.15) is 0 Å². The number of nitrogens with one attached hydrogen (secondary N) is 1. The van der Waals surface area contributed by atoms with Crippen LogP contribution in [0.5, 0.6) is 0 Å². The molecule has 0 heterocycles. The van der Waals surface area contributed by atoms with Crippen LogP contribution in [0.25, 0.3) is 0 Å². The summed E-state index contributed by atoms with van der Waals surface area (Å²) in [7, 11) is -3.78. The molecule has 0 aliphatic rings. The predicted molar refractivity (Wildman–Crippen MR) is 108 cm³/mol. The molecule has 2 rings (SSSR count). The molecule has 2 aromatic rings. The zero-order chi connectivity index (χ0) is 19.9. The lowest BCUT2D eigenvalue weighted by atomic mass is 10.1. The highest BCUT2D eigenvalue weighted by Crippen LogP contribution is 2.18. The fourth-order valence-corrected chi connectivity index (χ4v) is 4.26. The highest BCUT2D eigenvalue weighted by Gasteiger charge is 2.27. The van der Waals surface area contributed by atoms with Crippen LogP contribution in [-0.4, -0.2) is 31.2 Å². The molecule has 27 heavy (non-hydrogen) atoms. The van der Waals surface area contributed by atoms with E-state index in [1.807, 2.05) is 45.0 Å². The first-order valence-corrected chi connectivity index (χ1v) is 10.7. The molecule has 6 heteroatoms. The number of hydrogen-bond donors (Lipinski definition) is 1. The van der Waals surface area contributed by atoms with Gasteiger partial charge in [0.2, 0.25) is 15.9 Å². The Hall–Kier alpha value is -2.18. The standard InChI is InChI=1S/C21H28N2O3S/c1-4-8-18(3)22-21(24)16-23(15-19-13-11-17(2)12-14-19)27(25,26)20-9-6-5-7-10-20/h5-7,9-14,18H,4,8,15-16H2,1-3H3,(H,22,24). The molecule has 0 aliphatic carbocycles. The van der Waals surface area contributed by atoms with Crippen molar-refractivity contribution in [3.63, 3.8) is 0 Å². The van der Waals surface area contributed by atoms with E-state index >= 15 is 0 Å². The molecule has 1 unspecified atom stereocenters. The van der Waals surface area contributed by atoms with E-state index in [9.17, 15) is 13.2 Å². The van der Waals surface area contributed by atoms with Crippen molar-refractivity contribution in [1.29, 1.82) is 0 Å². The normalized spacial score (nSPS) is 12.7. The van der Waals surface area contributed by atoms with Crippen LogP contribution in [0.15, 0.2) is 59.5 Å². The molecule has 0 aliphatic heterocycles. The maximum Gasteiger partial charge on any atom is 0.243 e. The third kappa shape index (κ3) is 6.19. The lowest BCUT2D eigenvalue weighted by Gasteiger charge is -2.23. The molecule has 146 valence electrons. The van der Waals surface area contributed by atoms with E-state index in [1.165, 1.54) is 4.31 Å². The van der Waals surface area contributed by atoms with Crippen molar-refractivity contribution in [2.45, 2.75) is 51.1 Å². The van der Waals surface area contributed by atoms with Gasteiger partial charge < -0.3 is 5.32 Å². The molecule has 0 saturated heterocycles. The monoisotopic (exact) mass is 388 g/mol. The highest BCUT2D eigenvalue weighted by molar-refractivity contribution is 7.89. The van der Waals surface area contributed by atoms with Gasteiger partial charge >= 0.3 is 0 Å². The van der Waals surface area contributed by atoms with Gasteiger partial charge in [0.25, 0.3) is 0 Å². The average Bonchev–Trinajstić information content (AvgIpc) is 2.63. The van der Waals surface area contributed by atoms with Gasteiger partial charge in [0, 0.05) is 12.6 Å². The number of benzene rings is 2. The first-order valence-electron chi connectivity index (χ1n) is 9.23. The van der Waals surface area contributed by atoms with E-state index in [4.69, 9.17) is 0 Å². The molecule has 2 aromatic carbocycles. The summed E-state index contributed by atoms with van der Waals surface area (Å²) in [5.41, 5.74) is 1.94. The minimum Gasteiger partial charge on any atom is -0.353 e. The van der Waals surface area contributed by atoms with E-state index in [0.29, 0.717) is 0 Å². The Kier molecular flexibility index (Phi) is 7.56. The maximum atomic E-state index is 13.1. The topological polar surface area (TPSA) is 66.5 Å². The number of sulfonamides is 1. The lowest BCUT2D eigenvalue weighted by molar-refractivity contribution is -0.122. The van der Waals surface area contributed by atoms with E-state index in [2.05, 4.69) is 5.32 Å². The van der Waals surface area contributed by atoms with Crippen molar-refractivity contribution in [3.05, 3.63) is 65.7 Å². The van der Waals surface area contributed by atoms with Crippen LogP contribution in [-0.2, 0) is 21.4 Å². The maximum absolute atomic E-state index is 13.1. The zero-order valence-corrected chi connectivity index (χ0v) is 17.0. The fourth-order valence-electron chi connectivity index (χ4n) is 2.85. The fraction of sp³-hybridized carbons (Fsp3) is 0.381. The number of carbonyl (C=O) groups excluding carboxylic acids is 1. The van der Waals surface area contributed by atoms with Crippen molar-refractivity contribution in [3.8, 4) is 0 Å². The molecule has 1 N–H and O–H groups in total. The molecule has 0 bridgehead atoms. The summed E-state index contributed by atoms with van der Waals surface area (Å²) in [5, 5.41) is 2.88. The van der Waals surface area contributed by atoms with E-state index in [-0.39, 0.29) is 29.9 Å². The molecule has 0 spiro atoms.